The van der Waals surface area contributed by atoms with Gasteiger partial charge >= 0.3 is 0 Å². The number of amides is 1. The van der Waals surface area contributed by atoms with Crippen molar-refractivity contribution in [2.24, 2.45) is 11.8 Å². The summed E-state index contributed by atoms with van der Waals surface area (Å²) in [5.74, 6) is 0.257. The van der Waals surface area contributed by atoms with Gasteiger partial charge in [0.1, 0.15) is 0 Å². The minimum atomic E-state index is 0.00444. The Balaban J connectivity index is 1.56. The summed E-state index contributed by atoms with van der Waals surface area (Å²) in [5, 5.41) is 13.3. The summed E-state index contributed by atoms with van der Waals surface area (Å²) >= 11 is 1.72. The first-order chi connectivity index (χ1) is 11.6. The summed E-state index contributed by atoms with van der Waals surface area (Å²) in [6, 6.07) is 8.19. The Bertz CT molecular complexity index is 661. The predicted molar refractivity (Wildman–Crippen MR) is 98.4 cm³/mol. The van der Waals surface area contributed by atoms with Crippen molar-refractivity contribution in [3.63, 3.8) is 0 Å². The fourth-order valence-corrected chi connectivity index (χ4v) is 3.99. The van der Waals surface area contributed by atoms with Crippen molar-refractivity contribution in [2.75, 3.05) is 24.6 Å². The Kier molecular flexibility index (Phi) is 5.36. The molecule has 0 saturated carbocycles. The number of piperidine rings is 1. The molecule has 0 spiro atoms. The first-order valence-corrected chi connectivity index (χ1v) is 9.42. The Morgan fingerprint density at radius 3 is 2.75 bits per heavy atom. The number of thiazole rings is 1. The van der Waals surface area contributed by atoms with Gasteiger partial charge in [0.05, 0.1) is 10.2 Å². The maximum absolute atomic E-state index is 12.4. The number of carbonyl (C=O) groups excluding carboxylic acids is 1. The average molecular weight is 347 g/mol. The van der Waals surface area contributed by atoms with Crippen LogP contribution in [0.5, 0.6) is 0 Å². The number of carbonyl (C=O) groups is 1. The average Bonchev–Trinajstić information content (AvgIpc) is 3.05. The Labute approximate surface area is 146 Å². The maximum Gasteiger partial charge on any atom is 0.223 e. The third-order valence-electron chi connectivity index (χ3n) is 4.93. The third-order valence-corrected chi connectivity index (χ3v) is 6.03. The van der Waals surface area contributed by atoms with Crippen molar-refractivity contribution in [1.29, 1.82) is 0 Å². The summed E-state index contributed by atoms with van der Waals surface area (Å²) in [5.41, 5.74) is 1.05. The van der Waals surface area contributed by atoms with Crippen LogP contribution in [0.4, 0.5) is 5.13 Å². The van der Waals surface area contributed by atoms with Gasteiger partial charge in [-0.1, -0.05) is 30.4 Å². The second-order valence-electron chi connectivity index (χ2n) is 6.68. The standard InChI is InChI=1S/C18H25N3O2S/c1-12(11-22)13(2)19-17(23)14-7-9-21(10-8-14)18-20-15-5-3-4-6-16(15)24-18/h3-6,12-14,22H,7-11H2,1-2H3,(H,19,23). The molecule has 1 aromatic carbocycles. The molecule has 0 radical (unpaired) electrons. The van der Waals surface area contributed by atoms with Crippen LogP contribution in [0.3, 0.4) is 0 Å². The molecule has 2 aromatic rings. The molecule has 130 valence electrons. The van der Waals surface area contributed by atoms with Gasteiger partial charge in [0.15, 0.2) is 5.13 Å². The van der Waals surface area contributed by atoms with Crippen molar-refractivity contribution in [1.82, 2.24) is 10.3 Å². The minimum Gasteiger partial charge on any atom is -0.396 e. The van der Waals surface area contributed by atoms with Gasteiger partial charge in [-0.3, -0.25) is 4.79 Å². The zero-order valence-corrected chi connectivity index (χ0v) is 15.1. The van der Waals surface area contributed by atoms with Crippen molar-refractivity contribution >= 4 is 32.6 Å². The van der Waals surface area contributed by atoms with Crippen LogP contribution in [0.15, 0.2) is 24.3 Å². The number of aliphatic hydroxyl groups is 1. The van der Waals surface area contributed by atoms with Crippen LogP contribution >= 0.6 is 11.3 Å². The molecule has 1 aliphatic rings. The number of anilines is 1. The molecule has 3 rings (SSSR count). The molecule has 1 amide bonds. The Hall–Kier alpha value is -1.66. The fraction of sp³-hybridized carbons (Fsp3) is 0.556. The molecule has 2 atom stereocenters. The van der Waals surface area contributed by atoms with Crippen LogP contribution in [0.25, 0.3) is 10.2 Å². The molecule has 2 unspecified atom stereocenters. The van der Waals surface area contributed by atoms with Crippen molar-refractivity contribution < 1.29 is 9.90 Å². The van der Waals surface area contributed by atoms with Gasteiger partial charge in [-0.25, -0.2) is 4.98 Å². The van der Waals surface area contributed by atoms with Gasteiger partial charge < -0.3 is 15.3 Å². The predicted octanol–water partition coefficient (Wildman–Crippen LogP) is 2.65. The van der Waals surface area contributed by atoms with Gasteiger partial charge in [-0.05, 0) is 37.8 Å². The van der Waals surface area contributed by atoms with E-state index in [1.807, 2.05) is 32.0 Å². The van der Waals surface area contributed by atoms with Crippen molar-refractivity contribution in [3.8, 4) is 0 Å². The van der Waals surface area contributed by atoms with E-state index in [0.717, 1.165) is 36.6 Å². The van der Waals surface area contributed by atoms with E-state index in [2.05, 4.69) is 16.3 Å². The molecule has 0 bridgehead atoms. The molecule has 5 nitrogen and oxygen atoms in total. The number of nitrogens with zero attached hydrogens (tertiary/aromatic N) is 2. The number of aliphatic hydroxyl groups excluding tert-OH is 1. The monoisotopic (exact) mass is 347 g/mol. The highest BCUT2D eigenvalue weighted by Gasteiger charge is 2.27. The highest BCUT2D eigenvalue weighted by atomic mass is 32.1. The lowest BCUT2D eigenvalue weighted by atomic mass is 9.95. The van der Waals surface area contributed by atoms with E-state index in [9.17, 15) is 9.90 Å². The number of nitrogens with one attached hydrogen (secondary N) is 1. The van der Waals surface area contributed by atoms with E-state index in [1.165, 1.54) is 4.70 Å². The van der Waals surface area contributed by atoms with E-state index in [1.54, 1.807) is 11.3 Å². The van der Waals surface area contributed by atoms with Gasteiger partial charge in [-0.2, -0.15) is 0 Å². The van der Waals surface area contributed by atoms with E-state index in [-0.39, 0.29) is 30.4 Å². The van der Waals surface area contributed by atoms with Crippen LogP contribution in [0.2, 0.25) is 0 Å². The normalized spacial score (nSPS) is 18.5. The van der Waals surface area contributed by atoms with Gasteiger partial charge in [0.2, 0.25) is 5.91 Å². The summed E-state index contributed by atoms with van der Waals surface area (Å²) in [6.45, 7) is 5.72. The van der Waals surface area contributed by atoms with E-state index < -0.39 is 0 Å². The topological polar surface area (TPSA) is 65.5 Å². The molecular weight excluding hydrogens is 322 g/mol. The first kappa shape index (κ1) is 17.2. The highest BCUT2D eigenvalue weighted by Crippen LogP contribution is 2.31. The number of hydrogen-bond donors (Lipinski definition) is 2. The highest BCUT2D eigenvalue weighted by molar-refractivity contribution is 7.22. The molecule has 1 fully saturated rings. The summed E-state index contributed by atoms with van der Waals surface area (Å²) < 4.78 is 1.21. The van der Waals surface area contributed by atoms with Gasteiger partial charge in [-0.15, -0.1) is 0 Å². The van der Waals surface area contributed by atoms with E-state index in [0.29, 0.717) is 0 Å². The van der Waals surface area contributed by atoms with Crippen LogP contribution in [0, 0.1) is 11.8 Å². The number of aromatic nitrogens is 1. The summed E-state index contributed by atoms with van der Waals surface area (Å²) in [6.07, 6.45) is 1.70. The number of fused-ring (bicyclic) bond motifs is 1. The Morgan fingerprint density at radius 1 is 1.38 bits per heavy atom. The number of rotatable bonds is 5. The molecule has 1 aliphatic heterocycles. The molecule has 1 saturated heterocycles. The van der Waals surface area contributed by atoms with Gasteiger partial charge in [0.25, 0.3) is 0 Å². The van der Waals surface area contributed by atoms with Crippen LogP contribution in [-0.2, 0) is 4.79 Å². The molecule has 2 N–H and O–H groups in total. The number of hydrogen-bond acceptors (Lipinski definition) is 5. The molecule has 0 aliphatic carbocycles. The maximum atomic E-state index is 12.4. The van der Waals surface area contributed by atoms with E-state index >= 15 is 0 Å². The minimum absolute atomic E-state index is 0.00444. The zero-order chi connectivity index (χ0) is 17.1. The second kappa shape index (κ2) is 7.49. The second-order valence-corrected chi connectivity index (χ2v) is 7.69. The molecule has 2 heterocycles. The van der Waals surface area contributed by atoms with E-state index in [4.69, 9.17) is 4.98 Å². The summed E-state index contributed by atoms with van der Waals surface area (Å²) in [7, 11) is 0. The number of benzene rings is 1. The summed E-state index contributed by atoms with van der Waals surface area (Å²) in [4.78, 5) is 19.4. The zero-order valence-electron chi connectivity index (χ0n) is 14.2. The third kappa shape index (κ3) is 3.70. The van der Waals surface area contributed by atoms with Crippen molar-refractivity contribution in [2.45, 2.75) is 32.7 Å². The molecule has 24 heavy (non-hydrogen) atoms. The molecule has 1 aromatic heterocycles. The lowest BCUT2D eigenvalue weighted by Crippen LogP contribution is -2.45. The van der Waals surface area contributed by atoms with Crippen molar-refractivity contribution in [3.05, 3.63) is 24.3 Å². The quantitative estimate of drug-likeness (QED) is 0.873. The van der Waals surface area contributed by atoms with Crippen LogP contribution < -0.4 is 10.2 Å². The van der Waals surface area contributed by atoms with Crippen LogP contribution in [-0.4, -0.2) is 41.7 Å². The van der Waals surface area contributed by atoms with Gasteiger partial charge in [0, 0.05) is 31.7 Å². The lowest BCUT2D eigenvalue weighted by molar-refractivity contribution is -0.126. The Morgan fingerprint density at radius 2 is 2.08 bits per heavy atom. The largest absolute Gasteiger partial charge is 0.396 e. The fourth-order valence-electron chi connectivity index (χ4n) is 2.97. The first-order valence-electron chi connectivity index (χ1n) is 8.60. The van der Waals surface area contributed by atoms with Crippen LogP contribution in [0.1, 0.15) is 26.7 Å². The molecular formula is C18H25N3O2S. The smallest absolute Gasteiger partial charge is 0.223 e. The molecule has 6 heteroatoms. The SMILES string of the molecule is CC(CO)C(C)NC(=O)C1CCN(c2nc3ccccc3s2)CC1. The number of para-hydroxylation sites is 1. The lowest BCUT2D eigenvalue weighted by Gasteiger charge is -2.32.